The van der Waals surface area contributed by atoms with Gasteiger partial charge in [-0.05, 0) is 5.75 Å². The molecule has 2 saturated heterocycles. The maximum absolute atomic E-state index is 11.5. The van der Waals surface area contributed by atoms with Gasteiger partial charge >= 0.3 is 18.0 Å². The fourth-order valence-electron chi connectivity index (χ4n) is 2.46. The minimum absolute atomic E-state index is 0.0746. The van der Waals surface area contributed by atoms with Crippen LogP contribution in [-0.2, 0) is 28.5 Å². The fourth-order valence-corrected chi connectivity index (χ4v) is 3.44. The number of carbonyl (C=O) groups is 3. The predicted molar refractivity (Wildman–Crippen MR) is 76.2 cm³/mol. The molecule has 2 fully saturated rings. The largest absolute Gasteiger partial charge is 0.463 e. The van der Waals surface area contributed by atoms with Crippen LogP contribution >= 0.6 is 11.8 Å². The topological polar surface area (TPSA) is 100 Å². The second kappa shape index (κ2) is 7.19. The molecule has 0 unspecified atom stereocenters. The number of alkyl carbamates (subject to hydrolysis) is 1. The summed E-state index contributed by atoms with van der Waals surface area (Å²) in [7, 11) is 0. The lowest BCUT2D eigenvalue weighted by atomic mass is 9.98. The molecule has 22 heavy (non-hydrogen) atoms. The van der Waals surface area contributed by atoms with Crippen LogP contribution in [0.3, 0.4) is 0 Å². The van der Waals surface area contributed by atoms with Crippen molar-refractivity contribution in [3.8, 4) is 0 Å². The Hall–Kier alpha value is -1.48. The van der Waals surface area contributed by atoms with Gasteiger partial charge in [0.2, 0.25) is 0 Å². The summed E-state index contributed by atoms with van der Waals surface area (Å²) in [5, 5.41) is 2.67. The molecule has 8 nitrogen and oxygen atoms in total. The molecule has 1 amide bonds. The van der Waals surface area contributed by atoms with Gasteiger partial charge in [-0.3, -0.25) is 9.59 Å². The van der Waals surface area contributed by atoms with Crippen molar-refractivity contribution < 1.29 is 33.3 Å². The van der Waals surface area contributed by atoms with Gasteiger partial charge in [-0.2, -0.15) is 0 Å². The first-order valence-electron chi connectivity index (χ1n) is 6.97. The van der Waals surface area contributed by atoms with Crippen molar-refractivity contribution in [2.45, 2.75) is 50.6 Å². The zero-order valence-electron chi connectivity index (χ0n) is 12.6. The van der Waals surface area contributed by atoms with Crippen LogP contribution in [0.15, 0.2) is 0 Å². The zero-order chi connectivity index (χ0) is 16.3. The highest BCUT2D eigenvalue weighted by molar-refractivity contribution is 7.99. The Balaban J connectivity index is 2.18. The number of hydrogen-bond acceptors (Lipinski definition) is 8. The van der Waals surface area contributed by atoms with Crippen LogP contribution in [0.1, 0.15) is 20.8 Å². The van der Waals surface area contributed by atoms with Crippen LogP contribution in [0.4, 0.5) is 4.79 Å². The summed E-state index contributed by atoms with van der Waals surface area (Å²) in [6.07, 6.45) is -2.76. The molecule has 0 spiro atoms. The summed E-state index contributed by atoms with van der Waals surface area (Å²) in [5.74, 6) is -0.222. The average molecular weight is 333 g/mol. The number of carbonyl (C=O) groups excluding carboxylic acids is 3. The van der Waals surface area contributed by atoms with E-state index in [4.69, 9.17) is 18.9 Å². The molecule has 0 bridgehead atoms. The van der Waals surface area contributed by atoms with Crippen LogP contribution in [-0.4, -0.2) is 60.2 Å². The van der Waals surface area contributed by atoms with Crippen LogP contribution in [0, 0.1) is 0 Å². The summed E-state index contributed by atoms with van der Waals surface area (Å²) in [6, 6.07) is -0.421. The van der Waals surface area contributed by atoms with Crippen molar-refractivity contribution in [1.29, 1.82) is 0 Å². The number of rotatable bonds is 5. The third kappa shape index (κ3) is 3.83. The number of esters is 2. The van der Waals surface area contributed by atoms with Gasteiger partial charge in [0.25, 0.3) is 0 Å². The predicted octanol–water partition coefficient (Wildman–Crippen LogP) is 0.436. The Labute approximate surface area is 132 Å². The van der Waals surface area contributed by atoms with E-state index < -0.39 is 42.4 Å². The van der Waals surface area contributed by atoms with Crippen LogP contribution in [0.5, 0.6) is 0 Å². The first kappa shape index (κ1) is 16.9. The number of thioether (sulfide) groups is 1. The van der Waals surface area contributed by atoms with Crippen molar-refractivity contribution in [3.05, 3.63) is 0 Å². The van der Waals surface area contributed by atoms with Gasteiger partial charge in [0.1, 0.15) is 24.2 Å². The van der Waals surface area contributed by atoms with Crippen LogP contribution < -0.4 is 5.32 Å². The van der Waals surface area contributed by atoms with Crippen molar-refractivity contribution in [3.63, 3.8) is 0 Å². The maximum atomic E-state index is 11.5. The normalized spacial score (nSPS) is 33.4. The van der Waals surface area contributed by atoms with Crippen LogP contribution in [0.2, 0.25) is 0 Å². The molecule has 2 aliphatic rings. The molecule has 2 heterocycles. The van der Waals surface area contributed by atoms with E-state index in [0.717, 1.165) is 5.75 Å². The summed E-state index contributed by atoms with van der Waals surface area (Å²) >= 11 is 1.49. The highest BCUT2D eigenvalue weighted by Gasteiger charge is 2.54. The highest BCUT2D eigenvalue weighted by Crippen LogP contribution is 2.34. The van der Waals surface area contributed by atoms with Gasteiger partial charge in [0, 0.05) is 13.8 Å². The first-order chi connectivity index (χ1) is 10.4. The number of ether oxygens (including phenoxy) is 4. The minimum Gasteiger partial charge on any atom is -0.463 e. The third-order valence-corrected chi connectivity index (χ3v) is 4.32. The zero-order valence-corrected chi connectivity index (χ0v) is 13.4. The molecule has 1 N–H and O–H groups in total. The number of hydrogen-bond donors (Lipinski definition) is 1. The van der Waals surface area contributed by atoms with Crippen molar-refractivity contribution >= 4 is 29.8 Å². The third-order valence-electron chi connectivity index (χ3n) is 3.26. The molecule has 2 aliphatic heterocycles. The van der Waals surface area contributed by atoms with Gasteiger partial charge < -0.3 is 24.3 Å². The van der Waals surface area contributed by atoms with Gasteiger partial charge in [0.15, 0.2) is 12.2 Å². The monoisotopic (exact) mass is 333 g/mol. The van der Waals surface area contributed by atoms with Gasteiger partial charge in [-0.25, -0.2) is 4.79 Å². The molecule has 5 atom stereocenters. The highest BCUT2D eigenvalue weighted by atomic mass is 32.2. The lowest BCUT2D eigenvalue weighted by Crippen LogP contribution is -2.60. The standard InChI is InChI=1S/C13H19NO7S/c1-4-22-12-9-11(21-13(17)14-9)10(19-7(3)16)8(20-12)5-18-6(2)15/h8-12H,4-5H2,1-3H3,(H,14,17)/t8-,9-,10-,11-,12+/m1/s1. The Morgan fingerprint density at radius 3 is 2.64 bits per heavy atom. The van der Waals surface area contributed by atoms with Crippen LogP contribution in [0.25, 0.3) is 0 Å². The minimum atomic E-state index is -0.825. The Kier molecular flexibility index (Phi) is 5.52. The van der Waals surface area contributed by atoms with Crippen molar-refractivity contribution in [2.75, 3.05) is 12.4 Å². The SMILES string of the molecule is CCS[C@@H]1O[C@H](COC(C)=O)[C@@H](OC(C)=O)[C@@H]2OC(=O)N[C@H]21. The summed E-state index contributed by atoms with van der Waals surface area (Å²) < 4.78 is 21.3. The lowest BCUT2D eigenvalue weighted by molar-refractivity contribution is -0.192. The molecule has 9 heteroatoms. The molecule has 0 aromatic carbocycles. The first-order valence-corrected chi connectivity index (χ1v) is 8.02. The van der Waals surface area contributed by atoms with E-state index in [-0.39, 0.29) is 12.0 Å². The quantitative estimate of drug-likeness (QED) is 0.571. The molecular weight excluding hydrogens is 314 g/mol. The molecular formula is C13H19NO7S. The van der Waals surface area contributed by atoms with E-state index in [9.17, 15) is 14.4 Å². The van der Waals surface area contributed by atoms with E-state index in [0.29, 0.717) is 0 Å². The molecule has 124 valence electrons. The second-order valence-electron chi connectivity index (χ2n) is 4.91. The van der Waals surface area contributed by atoms with Crippen molar-refractivity contribution in [2.24, 2.45) is 0 Å². The lowest BCUT2D eigenvalue weighted by Gasteiger charge is -2.40. The van der Waals surface area contributed by atoms with E-state index in [2.05, 4.69) is 5.32 Å². The molecule has 2 rings (SSSR count). The Bertz CT molecular complexity index is 458. The molecule has 0 aliphatic carbocycles. The van der Waals surface area contributed by atoms with Gasteiger partial charge in [0.05, 0.1) is 0 Å². The van der Waals surface area contributed by atoms with Crippen molar-refractivity contribution in [1.82, 2.24) is 5.32 Å². The average Bonchev–Trinajstić information content (AvgIpc) is 2.81. The fraction of sp³-hybridized carbons (Fsp3) is 0.769. The summed E-state index contributed by atoms with van der Waals surface area (Å²) in [4.78, 5) is 33.9. The molecule has 0 radical (unpaired) electrons. The van der Waals surface area contributed by atoms with E-state index in [1.54, 1.807) is 0 Å². The number of nitrogens with one attached hydrogen (secondary N) is 1. The second-order valence-corrected chi connectivity index (χ2v) is 6.29. The smallest absolute Gasteiger partial charge is 0.408 e. The Morgan fingerprint density at radius 1 is 1.32 bits per heavy atom. The molecule has 0 saturated carbocycles. The van der Waals surface area contributed by atoms with E-state index >= 15 is 0 Å². The Morgan fingerprint density at radius 2 is 2.05 bits per heavy atom. The molecule has 0 aromatic heterocycles. The van der Waals surface area contributed by atoms with Gasteiger partial charge in [-0.1, -0.05) is 6.92 Å². The van der Waals surface area contributed by atoms with E-state index in [1.165, 1.54) is 25.6 Å². The number of amides is 1. The van der Waals surface area contributed by atoms with E-state index in [1.807, 2.05) is 6.92 Å². The van der Waals surface area contributed by atoms with Gasteiger partial charge in [-0.15, -0.1) is 11.8 Å². The number of fused-ring (bicyclic) bond motifs is 1. The summed E-state index contributed by atoms with van der Waals surface area (Å²) in [6.45, 7) is 4.42. The summed E-state index contributed by atoms with van der Waals surface area (Å²) in [5.41, 5.74) is -0.367. The molecule has 0 aromatic rings. The maximum Gasteiger partial charge on any atom is 0.408 e.